The normalized spacial score (nSPS) is 15.7. The molecule has 0 spiro atoms. The summed E-state index contributed by atoms with van der Waals surface area (Å²) in [5.41, 5.74) is 1.93. The number of methoxy groups -OCH3 is 1. The summed E-state index contributed by atoms with van der Waals surface area (Å²) in [4.78, 5) is 28.6. The number of amides is 1. The first-order valence-corrected chi connectivity index (χ1v) is 16.2. The number of carbonyl (C=O) groups excluding carboxylic acids is 2. The predicted molar refractivity (Wildman–Crippen MR) is 176 cm³/mol. The minimum absolute atomic E-state index is 0.0739. The lowest BCUT2D eigenvalue weighted by molar-refractivity contribution is -0.132. The Balaban J connectivity index is 1.54. The van der Waals surface area contributed by atoms with Crippen LogP contribution in [0.4, 0.5) is 5.13 Å². The monoisotopic (exact) mass is 643 g/mol. The molecular formula is C34H33N3O6S2. The van der Waals surface area contributed by atoms with Crippen molar-refractivity contribution in [1.29, 1.82) is 0 Å². The molecule has 5 rings (SSSR count). The standard InChI is InChI=1S/C34H33N3O6S2/c1-4-6-19-42-25-15-12-23(13-16-25)30(38)28-29(24-14-17-26(43-18-5-2)27(20-24)41-3)37(32(40)31(28)39)33-35-36-34(45-33)44-21-22-10-8-7-9-11-22/h5,7-17,20,29,38H,2,4,6,18-19,21H2,1,3H3/t29-/m1/s1. The summed E-state index contributed by atoms with van der Waals surface area (Å²) in [6, 6.07) is 20.8. The number of thioether (sulfide) groups is 1. The fourth-order valence-electron chi connectivity index (χ4n) is 4.74. The zero-order chi connectivity index (χ0) is 31.8. The maximum Gasteiger partial charge on any atom is 0.301 e. The van der Waals surface area contributed by atoms with Crippen molar-refractivity contribution in [3.8, 4) is 17.2 Å². The molecule has 1 N–H and O–H groups in total. The fraction of sp³-hybridized carbons (Fsp3) is 0.235. The van der Waals surface area contributed by atoms with Crippen molar-refractivity contribution in [3.63, 3.8) is 0 Å². The van der Waals surface area contributed by atoms with E-state index in [1.165, 1.54) is 35.1 Å². The molecule has 1 atom stereocenters. The third-order valence-corrected chi connectivity index (χ3v) is 9.13. The highest BCUT2D eigenvalue weighted by Crippen LogP contribution is 2.45. The van der Waals surface area contributed by atoms with Gasteiger partial charge in [0.1, 0.15) is 18.1 Å². The van der Waals surface area contributed by atoms with Gasteiger partial charge in [-0.25, -0.2) is 0 Å². The molecule has 0 saturated carbocycles. The quantitative estimate of drug-likeness (QED) is 0.0290. The Morgan fingerprint density at radius 1 is 1.04 bits per heavy atom. The minimum atomic E-state index is -1.01. The summed E-state index contributed by atoms with van der Waals surface area (Å²) >= 11 is 2.69. The van der Waals surface area contributed by atoms with Crippen molar-refractivity contribution in [1.82, 2.24) is 10.2 Å². The Kier molecular flexibility index (Phi) is 10.5. The lowest BCUT2D eigenvalue weighted by Gasteiger charge is -2.23. The highest BCUT2D eigenvalue weighted by Gasteiger charge is 2.48. The molecular weight excluding hydrogens is 611 g/mol. The van der Waals surface area contributed by atoms with Gasteiger partial charge in [0.05, 0.1) is 25.3 Å². The molecule has 1 fully saturated rings. The number of aliphatic hydroxyl groups excluding tert-OH is 1. The van der Waals surface area contributed by atoms with Crippen molar-refractivity contribution in [2.24, 2.45) is 0 Å². The van der Waals surface area contributed by atoms with Crippen LogP contribution in [-0.4, -0.2) is 47.3 Å². The van der Waals surface area contributed by atoms with Crippen LogP contribution in [0, 0.1) is 0 Å². The van der Waals surface area contributed by atoms with Crippen LogP contribution in [0.25, 0.3) is 5.76 Å². The first kappa shape index (κ1) is 31.8. The summed E-state index contributed by atoms with van der Waals surface area (Å²) < 4.78 is 17.7. The third kappa shape index (κ3) is 7.21. The van der Waals surface area contributed by atoms with Crippen molar-refractivity contribution >= 4 is 45.7 Å². The lowest BCUT2D eigenvalue weighted by atomic mass is 9.95. The maximum absolute atomic E-state index is 13.7. The van der Waals surface area contributed by atoms with Gasteiger partial charge in [-0.15, -0.1) is 10.2 Å². The Labute approximate surface area is 270 Å². The van der Waals surface area contributed by atoms with E-state index in [0.29, 0.717) is 45.1 Å². The number of anilines is 1. The Morgan fingerprint density at radius 2 is 1.82 bits per heavy atom. The molecule has 0 aliphatic carbocycles. The molecule has 1 saturated heterocycles. The SMILES string of the molecule is C=CCOc1ccc([C@@H]2C(=C(O)c3ccc(OCCCC)cc3)C(=O)C(=O)N2c2nnc(SCc3ccccc3)s2)cc1OC. The third-order valence-electron chi connectivity index (χ3n) is 7.01. The van der Waals surface area contributed by atoms with E-state index in [1.54, 1.807) is 48.5 Å². The fourth-order valence-corrected chi connectivity index (χ4v) is 6.57. The summed E-state index contributed by atoms with van der Waals surface area (Å²) in [5.74, 6) is 0.209. The zero-order valence-corrected chi connectivity index (χ0v) is 26.6. The highest BCUT2D eigenvalue weighted by atomic mass is 32.2. The van der Waals surface area contributed by atoms with Gasteiger partial charge in [-0.05, 0) is 53.9 Å². The number of hydrogen-bond donors (Lipinski definition) is 1. The largest absolute Gasteiger partial charge is 0.507 e. The van der Waals surface area contributed by atoms with E-state index < -0.39 is 17.7 Å². The molecule has 232 valence electrons. The summed E-state index contributed by atoms with van der Waals surface area (Å²) in [5, 5.41) is 20.4. The summed E-state index contributed by atoms with van der Waals surface area (Å²) in [7, 11) is 1.50. The number of ether oxygens (including phenoxy) is 3. The zero-order valence-electron chi connectivity index (χ0n) is 25.0. The van der Waals surface area contributed by atoms with Crippen molar-refractivity contribution in [3.05, 3.63) is 108 Å². The summed E-state index contributed by atoms with van der Waals surface area (Å²) in [6.45, 7) is 6.61. The lowest BCUT2D eigenvalue weighted by Crippen LogP contribution is -2.29. The Hall–Kier alpha value is -4.61. The van der Waals surface area contributed by atoms with Crippen LogP contribution in [0.5, 0.6) is 17.2 Å². The van der Waals surface area contributed by atoms with Crippen LogP contribution in [-0.2, 0) is 15.3 Å². The number of hydrogen-bond acceptors (Lipinski definition) is 10. The van der Waals surface area contributed by atoms with Crippen LogP contribution in [0.2, 0.25) is 0 Å². The van der Waals surface area contributed by atoms with Crippen LogP contribution < -0.4 is 19.1 Å². The number of benzene rings is 3. The molecule has 1 aliphatic rings. The molecule has 0 radical (unpaired) electrons. The average Bonchev–Trinajstić information content (AvgIpc) is 3.64. The van der Waals surface area contributed by atoms with E-state index in [4.69, 9.17) is 14.2 Å². The van der Waals surface area contributed by atoms with Crippen molar-refractivity contribution < 1.29 is 28.9 Å². The number of ketones is 1. The number of nitrogens with zero attached hydrogens (tertiary/aromatic N) is 3. The van der Waals surface area contributed by atoms with Crippen LogP contribution in [0.1, 0.15) is 42.5 Å². The molecule has 45 heavy (non-hydrogen) atoms. The second-order valence-corrected chi connectivity index (χ2v) is 12.2. The van der Waals surface area contributed by atoms with E-state index in [9.17, 15) is 14.7 Å². The molecule has 4 aromatic rings. The highest BCUT2D eigenvalue weighted by molar-refractivity contribution is 8.00. The number of unbranched alkanes of at least 4 members (excludes halogenated alkanes) is 1. The molecule has 11 heteroatoms. The molecule has 0 bridgehead atoms. The van der Waals surface area contributed by atoms with Crippen molar-refractivity contribution in [2.45, 2.75) is 35.9 Å². The van der Waals surface area contributed by atoms with Gasteiger partial charge in [0.2, 0.25) is 5.13 Å². The first-order chi connectivity index (χ1) is 21.9. The van der Waals surface area contributed by atoms with Gasteiger partial charge in [-0.3, -0.25) is 14.5 Å². The van der Waals surface area contributed by atoms with Gasteiger partial charge in [0.25, 0.3) is 5.78 Å². The molecule has 9 nitrogen and oxygen atoms in total. The number of rotatable bonds is 14. The van der Waals surface area contributed by atoms with E-state index >= 15 is 0 Å². The van der Waals surface area contributed by atoms with Gasteiger partial charge in [-0.2, -0.15) is 0 Å². The van der Waals surface area contributed by atoms with Gasteiger partial charge in [-0.1, -0.05) is 85.5 Å². The molecule has 1 amide bonds. The predicted octanol–water partition coefficient (Wildman–Crippen LogP) is 7.21. The van der Waals surface area contributed by atoms with Crippen LogP contribution in [0.15, 0.2) is 95.4 Å². The molecule has 2 heterocycles. The second-order valence-electron chi connectivity index (χ2n) is 10.0. The first-order valence-electron chi connectivity index (χ1n) is 14.4. The van der Waals surface area contributed by atoms with Crippen LogP contribution in [0.3, 0.4) is 0 Å². The summed E-state index contributed by atoms with van der Waals surface area (Å²) in [6.07, 6.45) is 3.54. The minimum Gasteiger partial charge on any atom is -0.507 e. The topological polar surface area (TPSA) is 111 Å². The number of carbonyl (C=O) groups is 2. The molecule has 0 unspecified atom stereocenters. The van der Waals surface area contributed by atoms with E-state index in [2.05, 4.69) is 23.7 Å². The van der Waals surface area contributed by atoms with E-state index in [1.807, 2.05) is 30.3 Å². The number of aliphatic hydroxyl groups is 1. The van der Waals surface area contributed by atoms with Gasteiger partial charge in [0, 0.05) is 11.3 Å². The van der Waals surface area contributed by atoms with Gasteiger partial charge < -0.3 is 19.3 Å². The van der Waals surface area contributed by atoms with Gasteiger partial charge in [0.15, 0.2) is 15.8 Å². The molecule has 1 aliphatic heterocycles. The van der Waals surface area contributed by atoms with Crippen molar-refractivity contribution in [2.75, 3.05) is 25.2 Å². The Morgan fingerprint density at radius 3 is 2.53 bits per heavy atom. The molecule has 3 aromatic carbocycles. The number of Topliss-reactive ketones (excluding diaryl/α,β-unsaturated/α-hetero) is 1. The average molecular weight is 644 g/mol. The van der Waals surface area contributed by atoms with E-state index in [0.717, 1.165) is 18.4 Å². The smallest absolute Gasteiger partial charge is 0.301 e. The second kappa shape index (κ2) is 14.9. The Bertz CT molecular complexity index is 1690. The maximum atomic E-state index is 13.7. The number of aromatic nitrogens is 2. The van der Waals surface area contributed by atoms with Gasteiger partial charge >= 0.3 is 5.91 Å². The molecule has 1 aromatic heterocycles. The van der Waals surface area contributed by atoms with E-state index in [-0.39, 0.29) is 23.1 Å². The van der Waals surface area contributed by atoms with Crippen LogP contribution >= 0.6 is 23.1 Å².